The van der Waals surface area contributed by atoms with Crippen molar-refractivity contribution in [2.75, 3.05) is 4.90 Å². The predicted molar refractivity (Wildman–Crippen MR) is 123 cm³/mol. The van der Waals surface area contributed by atoms with E-state index in [0.717, 1.165) is 16.0 Å². The predicted octanol–water partition coefficient (Wildman–Crippen LogP) is 4.00. The quantitative estimate of drug-likeness (QED) is 0.435. The number of carbonyl (C=O) groups excluding carboxylic acids is 4. The molecule has 6 nitrogen and oxygen atoms in total. The summed E-state index contributed by atoms with van der Waals surface area (Å²) in [5.41, 5.74) is 1.28. The zero-order chi connectivity index (χ0) is 23.8. The molecule has 168 valence electrons. The molecule has 3 aromatic rings. The van der Waals surface area contributed by atoms with E-state index in [4.69, 9.17) is 4.74 Å². The van der Waals surface area contributed by atoms with Crippen LogP contribution in [-0.4, -0.2) is 29.0 Å². The Balaban J connectivity index is 1.56. The van der Waals surface area contributed by atoms with Crippen LogP contribution in [0.3, 0.4) is 0 Å². The minimum Gasteiger partial charge on any atom is -0.349 e. The summed E-state index contributed by atoms with van der Waals surface area (Å²) in [7, 11) is 0. The van der Waals surface area contributed by atoms with Crippen LogP contribution in [-0.2, 0) is 14.3 Å². The summed E-state index contributed by atoms with van der Waals surface area (Å²) < 4.78 is 6.28. The fraction of sp³-hybridized carbons (Fsp3) is 0.214. The largest absolute Gasteiger partial charge is 0.349 e. The molecule has 0 saturated carbocycles. The molecule has 1 aliphatic carbocycles. The van der Waals surface area contributed by atoms with Crippen LogP contribution < -0.4 is 4.90 Å². The summed E-state index contributed by atoms with van der Waals surface area (Å²) in [6, 6.07) is 21.0. The van der Waals surface area contributed by atoms with E-state index in [1.165, 1.54) is 0 Å². The molecule has 3 aromatic carbocycles. The van der Waals surface area contributed by atoms with Crippen LogP contribution in [0.4, 0.5) is 5.69 Å². The fourth-order valence-electron chi connectivity index (χ4n) is 5.75. The van der Waals surface area contributed by atoms with Crippen LogP contribution in [0.5, 0.6) is 0 Å². The summed E-state index contributed by atoms with van der Waals surface area (Å²) in [5.74, 6) is -4.36. The number of carbonyl (C=O) groups is 4. The lowest BCUT2D eigenvalue weighted by molar-refractivity contribution is -0.127. The highest BCUT2D eigenvalue weighted by Crippen LogP contribution is 2.57. The van der Waals surface area contributed by atoms with Gasteiger partial charge in [-0.15, -0.1) is 0 Å². The lowest BCUT2D eigenvalue weighted by atomic mass is 9.77. The summed E-state index contributed by atoms with van der Waals surface area (Å²) in [5, 5.41) is 0. The molecule has 0 bridgehead atoms. The number of amides is 2. The highest BCUT2D eigenvalue weighted by molar-refractivity contribution is 6.37. The van der Waals surface area contributed by atoms with Crippen molar-refractivity contribution in [3.05, 3.63) is 101 Å². The average Bonchev–Trinajstić information content (AvgIpc) is 3.40. The van der Waals surface area contributed by atoms with Crippen molar-refractivity contribution in [2.24, 2.45) is 11.8 Å². The Morgan fingerprint density at radius 1 is 0.765 bits per heavy atom. The van der Waals surface area contributed by atoms with Crippen LogP contribution in [0.1, 0.15) is 43.5 Å². The van der Waals surface area contributed by atoms with Crippen molar-refractivity contribution in [3.63, 3.8) is 0 Å². The third kappa shape index (κ3) is 2.49. The minimum absolute atomic E-state index is 0.227. The fourth-order valence-corrected chi connectivity index (χ4v) is 5.75. The number of aryl methyl sites for hydroxylation is 2. The third-order valence-corrected chi connectivity index (χ3v) is 7.24. The average molecular weight is 451 g/mol. The molecule has 6 rings (SSSR count). The van der Waals surface area contributed by atoms with Crippen molar-refractivity contribution in [3.8, 4) is 0 Å². The summed E-state index contributed by atoms with van der Waals surface area (Å²) >= 11 is 0. The van der Waals surface area contributed by atoms with E-state index in [0.29, 0.717) is 11.3 Å². The number of anilines is 1. The highest BCUT2D eigenvalue weighted by atomic mass is 16.5. The second-order valence-corrected chi connectivity index (χ2v) is 9.19. The molecular weight excluding hydrogens is 430 g/mol. The van der Waals surface area contributed by atoms with E-state index >= 15 is 0 Å². The van der Waals surface area contributed by atoms with Gasteiger partial charge in [0.1, 0.15) is 0 Å². The van der Waals surface area contributed by atoms with E-state index in [9.17, 15) is 19.2 Å². The Morgan fingerprint density at radius 2 is 1.38 bits per heavy atom. The standard InChI is InChI=1S/C28H21NO5/c1-15-12-13-20(16(2)14-15)29-26(32)21-22(27(29)33)28(34-23(21)17-8-4-3-5-9-17)24(30)18-10-6-7-11-19(18)25(28)31/h3-14,21-23H,1-2H3/t21-,22+,23-/m1/s1. The van der Waals surface area contributed by atoms with Crippen LogP contribution in [0.2, 0.25) is 0 Å². The van der Waals surface area contributed by atoms with Gasteiger partial charge < -0.3 is 4.74 Å². The number of hydrogen-bond acceptors (Lipinski definition) is 5. The van der Waals surface area contributed by atoms with Crippen LogP contribution in [0.25, 0.3) is 0 Å². The molecule has 0 N–H and O–H groups in total. The first-order valence-electron chi connectivity index (χ1n) is 11.2. The third-order valence-electron chi connectivity index (χ3n) is 7.24. The molecular formula is C28H21NO5. The molecule has 2 aliphatic heterocycles. The Bertz CT molecular complexity index is 1370. The molecule has 1 spiro atoms. The molecule has 6 heteroatoms. The van der Waals surface area contributed by atoms with Gasteiger partial charge in [-0.3, -0.25) is 19.2 Å². The number of hydrogen-bond donors (Lipinski definition) is 0. The van der Waals surface area contributed by atoms with Crippen LogP contribution >= 0.6 is 0 Å². The maximum absolute atomic E-state index is 13.9. The molecule has 34 heavy (non-hydrogen) atoms. The maximum atomic E-state index is 13.9. The monoisotopic (exact) mass is 451 g/mol. The first-order chi connectivity index (χ1) is 16.4. The molecule has 2 heterocycles. The van der Waals surface area contributed by atoms with Crippen molar-refractivity contribution < 1.29 is 23.9 Å². The zero-order valence-corrected chi connectivity index (χ0v) is 18.6. The summed E-state index contributed by atoms with van der Waals surface area (Å²) in [6.45, 7) is 3.76. The van der Waals surface area contributed by atoms with Gasteiger partial charge in [-0.2, -0.15) is 0 Å². The number of rotatable bonds is 2. The van der Waals surface area contributed by atoms with Crippen LogP contribution in [0.15, 0.2) is 72.8 Å². The lowest BCUT2D eigenvalue weighted by Crippen LogP contribution is -2.51. The van der Waals surface area contributed by atoms with Crippen molar-refractivity contribution >= 4 is 29.1 Å². The SMILES string of the molecule is Cc1ccc(N2C(=O)[C@H]3[C@@H](c4ccccc4)OC4(C(=O)c5ccccc5C4=O)[C@@H]3C2=O)c(C)c1. The Kier molecular flexibility index (Phi) is 4.29. The molecule has 2 fully saturated rings. The zero-order valence-electron chi connectivity index (χ0n) is 18.6. The molecule has 0 radical (unpaired) electrons. The number of ketones is 2. The smallest absolute Gasteiger partial charge is 0.241 e. The van der Waals surface area contributed by atoms with Gasteiger partial charge in [-0.1, -0.05) is 72.3 Å². The van der Waals surface area contributed by atoms with Crippen molar-refractivity contribution in [1.29, 1.82) is 0 Å². The van der Waals surface area contributed by atoms with Gasteiger partial charge in [-0.25, -0.2) is 4.90 Å². The Morgan fingerprint density at radius 3 is 2.00 bits per heavy atom. The number of benzene rings is 3. The number of imide groups is 1. The Labute approximate surface area is 196 Å². The van der Waals surface area contributed by atoms with Gasteiger partial charge in [0.15, 0.2) is 0 Å². The lowest BCUT2D eigenvalue weighted by Gasteiger charge is -2.27. The van der Waals surface area contributed by atoms with E-state index in [1.54, 1.807) is 54.6 Å². The number of fused-ring (bicyclic) bond motifs is 3. The van der Waals surface area contributed by atoms with Crippen LogP contribution in [0, 0.1) is 25.7 Å². The molecule has 0 unspecified atom stereocenters. The molecule has 2 amide bonds. The minimum atomic E-state index is -2.05. The number of nitrogens with zero attached hydrogens (tertiary/aromatic N) is 1. The maximum Gasteiger partial charge on any atom is 0.241 e. The van der Waals surface area contributed by atoms with Gasteiger partial charge in [0.2, 0.25) is 29.0 Å². The second kappa shape index (κ2) is 7.05. The van der Waals surface area contributed by atoms with E-state index < -0.39 is 46.9 Å². The van der Waals surface area contributed by atoms with Crippen molar-refractivity contribution in [2.45, 2.75) is 25.6 Å². The second-order valence-electron chi connectivity index (χ2n) is 9.19. The van der Waals surface area contributed by atoms with Gasteiger partial charge in [-0.05, 0) is 31.0 Å². The number of ether oxygens (including phenoxy) is 1. The first-order valence-corrected chi connectivity index (χ1v) is 11.2. The van der Waals surface area contributed by atoms with Gasteiger partial charge in [0.05, 0.1) is 23.6 Å². The van der Waals surface area contributed by atoms with Gasteiger partial charge >= 0.3 is 0 Å². The van der Waals surface area contributed by atoms with E-state index in [1.807, 2.05) is 32.0 Å². The molecule has 3 aliphatic rings. The van der Waals surface area contributed by atoms with Crippen molar-refractivity contribution in [1.82, 2.24) is 0 Å². The van der Waals surface area contributed by atoms with E-state index in [-0.39, 0.29) is 11.1 Å². The first kappa shape index (κ1) is 20.7. The Hall–Kier alpha value is -3.90. The highest BCUT2D eigenvalue weighted by Gasteiger charge is 2.74. The molecule has 0 aromatic heterocycles. The van der Waals surface area contributed by atoms with E-state index in [2.05, 4.69) is 0 Å². The summed E-state index contributed by atoms with van der Waals surface area (Å²) in [4.78, 5) is 56.4. The van der Waals surface area contributed by atoms with Gasteiger partial charge in [0, 0.05) is 11.1 Å². The topological polar surface area (TPSA) is 80.8 Å². The number of Topliss-reactive ketones (excluding diaryl/α,β-unsaturated/α-hetero) is 2. The van der Waals surface area contributed by atoms with Gasteiger partial charge in [0.25, 0.3) is 0 Å². The molecule has 2 saturated heterocycles. The summed E-state index contributed by atoms with van der Waals surface area (Å²) in [6.07, 6.45) is -0.902. The molecule has 3 atom stereocenters. The normalized spacial score (nSPS) is 24.8.